The number of hydrogen-bond acceptors (Lipinski definition) is 3. The van der Waals surface area contributed by atoms with Crippen molar-refractivity contribution in [3.8, 4) is 0 Å². The van der Waals surface area contributed by atoms with Gasteiger partial charge in [0, 0.05) is 17.0 Å². The van der Waals surface area contributed by atoms with Crippen molar-refractivity contribution in [2.24, 2.45) is 0 Å². The average Bonchev–Trinajstić information content (AvgIpc) is 2.35. The van der Waals surface area contributed by atoms with E-state index in [0.29, 0.717) is 16.0 Å². The van der Waals surface area contributed by atoms with Gasteiger partial charge in [-0.05, 0) is 24.3 Å². The van der Waals surface area contributed by atoms with Gasteiger partial charge in [0.1, 0.15) is 11.1 Å². The molecule has 0 aliphatic heterocycles. The lowest BCUT2D eigenvalue weighted by molar-refractivity contribution is 0.0954. The van der Waals surface area contributed by atoms with E-state index >= 15 is 0 Å². The van der Waals surface area contributed by atoms with E-state index in [1.54, 1.807) is 18.2 Å². The normalized spacial score (nSPS) is 10.3. The molecule has 5 heteroatoms. The number of carbonyl (C=O) groups is 1. The minimum atomic E-state index is -0.675. The fourth-order valence-electron chi connectivity index (χ4n) is 1.51. The zero-order chi connectivity index (χ0) is 13.1. The van der Waals surface area contributed by atoms with Crippen molar-refractivity contribution in [1.82, 2.24) is 5.32 Å². The second-order valence-electron chi connectivity index (χ2n) is 3.63. The Labute approximate surface area is 108 Å². The van der Waals surface area contributed by atoms with Crippen molar-refractivity contribution < 1.29 is 9.21 Å². The van der Waals surface area contributed by atoms with Crippen molar-refractivity contribution in [3.63, 3.8) is 0 Å². The molecule has 0 atom stereocenters. The molecule has 4 nitrogen and oxygen atoms in total. The van der Waals surface area contributed by atoms with Gasteiger partial charge in [0.25, 0.3) is 5.91 Å². The van der Waals surface area contributed by atoms with Gasteiger partial charge in [0.15, 0.2) is 0 Å². The van der Waals surface area contributed by atoms with E-state index in [0.717, 1.165) is 0 Å². The number of amides is 1. The van der Waals surface area contributed by atoms with Gasteiger partial charge in [-0.3, -0.25) is 4.79 Å². The second-order valence-corrected chi connectivity index (χ2v) is 4.06. The van der Waals surface area contributed by atoms with E-state index < -0.39 is 11.5 Å². The van der Waals surface area contributed by atoms with Crippen LogP contribution in [-0.2, 0) is 0 Å². The SMILES string of the molecule is C=CCNC(=O)c1cc2cc(Cl)ccc2oc1=O. The molecule has 0 radical (unpaired) electrons. The molecular formula is C13H10ClNO3. The van der Waals surface area contributed by atoms with Crippen LogP contribution in [0.15, 0.2) is 46.1 Å². The highest BCUT2D eigenvalue weighted by atomic mass is 35.5. The van der Waals surface area contributed by atoms with Gasteiger partial charge in [-0.25, -0.2) is 4.79 Å². The summed E-state index contributed by atoms with van der Waals surface area (Å²) in [5.74, 6) is -0.495. The summed E-state index contributed by atoms with van der Waals surface area (Å²) < 4.78 is 5.05. The standard InChI is InChI=1S/C13H10ClNO3/c1-2-5-15-12(16)10-7-8-6-9(14)3-4-11(8)18-13(10)17/h2-4,6-7H,1,5H2,(H,15,16). The number of carbonyl (C=O) groups excluding carboxylic acids is 1. The zero-order valence-electron chi connectivity index (χ0n) is 9.40. The Hall–Kier alpha value is -2.07. The van der Waals surface area contributed by atoms with Gasteiger partial charge in [-0.15, -0.1) is 6.58 Å². The number of halogens is 1. The fourth-order valence-corrected chi connectivity index (χ4v) is 1.69. The van der Waals surface area contributed by atoms with Crippen molar-refractivity contribution in [3.05, 3.63) is 57.9 Å². The Morgan fingerprint density at radius 1 is 1.44 bits per heavy atom. The first kappa shape index (κ1) is 12.4. The van der Waals surface area contributed by atoms with E-state index in [9.17, 15) is 9.59 Å². The highest BCUT2D eigenvalue weighted by molar-refractivity contribution is 6.31. The van der Waals surface area contributed by atoms with Crippen LogP contribution in [0.1, 0.15) is 10.4 Å². The van der Waals surface area contributed by atoms with Gasteiger partial charge in [0.2, 0.25) is 0 Å². The molecule has 1 aromatic carbocycles. The van der Waals surface area contributed by atoms with Crippen LogP contribution in [-0.4, -0.2) is 12.5 Å². The van der Waals surface area contributed by atoms with Gasteiger partial charge < -0.3 is 9.73 Å². The summed E-state index contributed by atoms with van der Waals surface area (Å²) >= 11 is 5.84. The topological polar surface area (TPSA) is 59.3 Å². The highest BCUT2D eigenvalue weighted by Gasteiger charge is 2.12. The molecule has 1 N–H and O–H groups in total. The van der Waals surface area contributed by atoms with E-state index in [4.69, 9.17) is 16.0 Å². The number of nitrogens with one attached hydrogen (secondary N) is 1. The maximum atomic E-state index is 11.7. The van der Waals surface area contributed by atoms with E-state index in [2.05, 4.69) is 11.9 Å². The molecule has 18 heavy (non-hydrogen) atoms. The average molecular weight is 264 g/mol. The Morgan fingerprint density at radius 2 is 2.22 bits per heavy atom. The van der Waals surface area contributed by atoms with Crippen LogP contribution in [0.3, 0.4) is 0 Å². The molecule has 0 bridgehead atoms. The van der Waals surface area contributed by atoms with Crippen LogP contribution in [0.2, 0.25) is 5.02 Å². The van der Waals surface area contributed by atoms with Gasteiger partial charge in [0.05, 0.1) is 0 Å². The molecule has 0 fully saturated rings. The van der Waals surface area contributed by atoms with Crippen LogP contribution in [0, 0.1) is 0 Å². The maximum Gasteiger partial charge on any atom is 0.349 e. The lowest BCUT2D eigenvalue weighted by Gasteiger charge is -2.03. The summed E-state index contributed by atoms with van der Waals surface area (Å²) in [5.41, 5.74) is -0.331. The van der Waals surface area contributed by atoms with Crippen LogP contribution in [0.25, 0.3) is 11.0 Å². The molecule has 0 aliphatic rings. The predicted octanol–water partition coefficient (Wildman–Crippen LogP) is 2.36. The first-order chi connectivity index (χ1) is 8.61. The quantitative estimate of drug-likeness (QED) is 0.683. The lowest BCUT2D eigenvalue weighted by atomic mass is 10.2. The van der Waals surface area contributed by atoms with Gasteiger partial charge >= 0.3 is 5.63 Å². The summed E-state index contributed by atoms with van der Waals surface area (Å²) in [4.78, 5) is 23.3. The number of rotatable bonds is 3. The molecule has 0 saturated carbocycles. The van der Waals surface area contributed by atoms with Crippen LogP contribution in [0.4, 0.5) is 0 Å². The zero-order valence-corrected chi connectivity index (χ0v) is 10.2. The molecule has 0 unspecified atom stereocenters. The predicted molar refractivity (Wildman–Crippen MR) is 70.0 cm³/mol. The van der Waals surface area contributed by atoms with Gasteiger partial charge in [-0.2, -0.15) is 0 Å². The molecule has 0 aliphatic carbocycles. The van der Waals surface area contributed by atoms with Crippen LogP contribution < -0.4 is 10.9 Å². The largest absolute Gasteiger partial charge is 0.422 e. The number of benzene rings is 1. The van der Waals surface area contributed by atoms with Crippen molar-refractivity contribution in [1.29, 1.82) is 0 Å². The van der Waals surface area contributed by atoms with Crippen LogP contribution in [0.5, 0.6) is 0 Å². The molecule has 0 spiro atoms. The molecule has 1 amide bonds. The van der Waals surface area contributed by atoms with Gasteiger partial charge in [-0.1, -0.05) is 17.7 Å². The maximum absolute atomic E-state index is 11.7. The minimum Gasteiger partial charge on any atom is -0.422 e. The molecule has 2 aromatic rings. The number of hydrogen-bond donors (Lipinski definition) is 1. The molecule has 1 heterocycles. The first-order valence-corrected chi connectivity index (χ1v) is 5.62. The molecule has 92 valence electrons. The molecule has 2 rings (SSSR count). The van der Waals surface area contributed by atoms with E-state index in [1.807, 2.05) is 0 Å². The molecule has 1 aromatic heterocycles. The summed E-state index contributed by atoms with van der Waals surface area (Å²) in [6.45, 7) is 3.76. The Kier molecular flexibility index (Phi) is 3.48. The first-order valence-electron chi connectivity index (χ1n) is 5.24. The van der Waals surface area contributed by atoms with Crippen molar-refractivity contribution in [2.45, 2.75) is 0 Å². The van der Waals surface area contributed by atoms with Crippen molar-refractivity contribution in [2.75, 3.05) is 6.54 Å². The summed E-state index contributed by atoms with van der Waals surface area (Å²) in [5, 5.41) is 3.63. The second kappa shape index (κ2) is 5.06. The third-order valence-corrected chi connectivity index (χ3v) is 2.58. The van der Waals surface area contributed by atoms with E-state index in [1.165, 1.54) is 12.1 Å². The summed E-state index contributed by atoms with van der Waals surface area (Å²) in [6.07, 6.45) is 1.53. The summed E-state index contributed by atoms with van der Waals surface area (Å²) in [6, 6.07) is 6.30. The minimum absolute atomic E-state index is 0.0494. The highest BCUT2D eigenvalue weighted by Crippen LogP contribution is 2.18. The van der Waals surface area contributed by atoms with Crippen LogP contribution >= 0.6 is 11.6 Å². The lowest BCUT2D eigenvalue weighted by Crippen LogP contribution is -2.28. The third-order valence-electron chi connectivity index (χ3n) is 2.35. The Bertz CT molecular complexity index is 675. The monoisotopic (exact) mass is 263 g/mol. The smallest absolute Gasteiger partial charge is 0.349 e. The Morgan fingerprint density at radius 3 is 2.94 bits per heavy atom. The molecule has 0 saturated heterocycles. The number of fused-ring (bicyclic) bond motifs is 1. The fraction of sp³-hybridized carbons (Fsp3) is 0.0769. The third kappa shape index (κ3) is 2.43. The van der Waals surface area contributed by atoms with Crippen molar-refractivity contribution >= 4 is 28.5 Å². The Balaban J connectivity index is 2.51. The van der Waals surface area contributed by atoms with E-state index in [-0.39, 0.29) is 12.1 Å². The molecular weight excluding hydrogens is 254 g/mol. The summed E-state index contributed by atoms with van der Waals surface area (Å²) in [7, 11) is 0.